The first-order valence-electron chi connectivity index (χ1n) is 5.97. The Kier molecular flexibility index (Phi) is 5.41. The average molecular weight is 228 g/mol. The molecule has 0 aromatic heterocycles. The highest BCUT2D eigenvalue weighted by Gasteiger charge is 2.40. The van der Waals surface area contributed by atoms with Crippen molar-refractivity contribution in [2.75, 3.05) is 19.8 Å². The van der Waals surface area contributed by atoms with Crippen molar-refractivity contribution in [1.82, 2.24) is 5.43 Å². The Morgan fingerprint density at radius 3 is 2.62 bits per heavy atom. The Balaban J connectivity index is 2.74. The lowest BCUT2D eigenvalue weighted by Gasteiger charge is -2.43. The van der Waals surface area contributed by atoms with Crippen LogP contribution in [0.15, 0.2) is 12.2 Å². The molecule has 1 aliphatic heterocycles. The summed E-state index contributed by atoms with van der Waals surface area (Å²) in [7, 11) is 0. The first-order valence-corrected chi connectivity index (χ1v) is 5.97. The van der Waals surface area contributed by atoms with Crippen molar-refractivity contribution < 1.29 is 9.47 Å². The van der Waals surface area contributed by atoms with Crippen LogP contribution in [-0.2, 0) is 9.47 Å². The van der Waals surface area contributed by atoms with E-state index in [2.05, 4.69) is 12.0 Å². The number of hydrogen-bond donors (Lipinski definition) is 2. The van der Waals surface area contributed by atoms with E-state index < -0.39 is 0 Å². The highest BCUT2D eigenvalue weighted by atomic mass is 16.5. The molecule has 1 aliphatic rings. The van der Waals surface area contributed by atoms with Gasteiger partial charge >= 0.3 is 0 Å². The van der Waals surface area contributed by atoms with E-state index in [4.69, 9.17) is 15.3 Å². The highest BCUT2D eigenvalue weighted by molar-refractivity contribution is 5.02. The van der Waals surface area contributed by atoms with Crippen LogP contribution in [0.25, 0.3) is 0 Å². The third-order valence-electron chi connectivity index (χ3n) is 3.16. The first kappa shape index (κ1) is 13.6. The lowest BCUT2D eigenvalue weighted by molar-refractivity contribution is -0.126. The molecule has 1 unspecified atom stereocenters. The van der Waals surface area contributed by atoms with E-state index in [-0.39, 0.29) is 11.6 Å². The van der Waals surface area contributed by atoms with Crippen LogP contribution in [0.5, 0.6) is 0 Å². The zero-order valence-electron chi connectivity index (χ0n) is 10.4. The van der Waals surface area contributed by atoms with Gasteiger partial charge in [-0.25, -0.2) is 0 Å². The van der Waals surface area contributed by atoms with E-state index in [1.165, 1.54) is 0 Å². The van der Waals surface area contributed by atoms with Crippen LogP contribution >= 0.6 is 0 Å². The number of hydrogen-bond acceptors (Lipinski definition) is 4. The highest BCUT2D eigenvalue weighted by Crippen LogP contribution is 2.31. The fourth-order valence-corrected chi connectivity index (χ4v) is 2.34. The van der Waals surface area contributed by atoms with Crippen LogP contribution in [0.4, 0.5) is 0 Å². The Hall–Kier alpha value is -0.420. The summed E-state index contributed by atoms with van der Waals surface area (Å²) >= 11 is 0. The standard InChI is InChI=1S/C12H24N2O2/c1-4-16-12(5-7-15-8-6-12)11(14-13)9-10(2)3/h11,14H,2,4-9,13H2,1,3H3. The zero-order chi connectivity index (χ0) is 12.0. The topological polar surface area (TPSA) is 56.5 Å². The van der Waals surface area contributed by atoms with Crippen molar-refractivity contribution in [3.05, 3.63) is 12.2 Å². The smallest absolute Gasteiger partial charge is 0.0894 e. The van der Waals surface area contributed by atoms with Gasteiger partial charge in [-0.1, -0.05) is 5.57 Å². The zero-order valence-corrected chi connectivity index (χ0v) is 10.4. The number of nitrogens with one attached hydrogen (secondary N) is 1. The molecule has 0 aromatic carbocycles. The second kappa shape index (κ2) is 6.35. The van der Waals surface area contributed by atoms with Gasteiger partial charge < -0.3 is 9.47 Å². The summed E-state index contributed by atoms with van der Waals surface area (Å²) in [5, 5.41) is 0. The minimum atomic E-state index is -0.194. The molecule has 0 aliphatic carbocycles. The van der Waals surface area contributed by atoms with Gasteiger partial charge in [0.15, 0.2) is 0 Å². The molecule has 0 bridgehead atoms. The fourth-order valence-electron chi connectivity index (χ4n) is 2.34. The monoisotopic (exact) mass is 228 g/mol. The van der Waals surface area contributed by atoms with E-state index in [9.17, 15) is 0 Å². The molecule has 0 spiro atoms. The Morgan fingerprint density at radius 1 is 1.56 bits per heavy atom. The van der Waals surface area contributed by atoms with Gasteiger partial charge in [-0.3, -0.25) is 11.3 Å². The van der Waals surface area contributed by atoms with E-state index in [0.717, 1.165) is 38.0 Å². The van der Waals surface area contributed by atoms with E-state index in [1.54, 1.807) is 0 Å². The molecule has 0 amide bonds. The normalized spacial score (nSPS) is 21.7. The molecule has 4 heteroatoms. The van der Waals surface area contributed by atoms with Gasteiger partial charge in [-0.05, 0) is 20.3 Å². The van der Waals surface area contributed by atoms with Gasteiger partial charge in [0.25, 0.3) is 0 Å². The summed E-state index contributed by atoms with van der Waals surface area (Å²) in [6.45, 7) is 10.2. The maximum atomic E-state index is 5.96. The Morgan fingerprint density at radius 2 is 2.19 bits per heavy atom. The van der Waals surface area contributed by atoms with Crippen LogP contribution in [0.3, 0.4) is 0 Å². The van der Waals surface area contributed by atoms with Gasteiger partial charge in [0, 0.05) is 32.7 Å². The maximum absolute atomic E-state index is 5.96. The molecule has 3 N–H and O–H groups in total. The van der Waals surface area contributed by atoms with Crippen molar-refractivity contribution in [3.63, 3.8) is 0 Å². The summed E-state index contributed by atoms with van der Waals surface area (Å²) in [6, 6.07) is 0.119. The quantitative estimate of drug-likeness (QED) is 0.409. The van der Waals surface area contributed by atoms with E-state index in [1.807, 2.05) is 13.8 Å². The molecule has 1 atom stereocenters. The maximum Gasteiger partial charge on any atom is 0.0894 e. The minimum Gasteiger partial charge on any atom is -0.381 e. The van der Waals surface area contributed by atoms with Crippen molar-refractivity contribution in [3.8, 4) is 0 Å². The third kappa shape index (κ3) is 3.28. The van der Waals surface area contributed by atoms with Gasteiger partial charge in [0.05, 0.1) is 11.6 Å². The summed E-state index contributed by atoms with van der Waals surface area (Å²) in [5.74, 6) is 5.66. The van der Waals surface area contributed by atoms with Crippen LogP contribution < -0.4 is 11.3 Å². The van der Waals surface area contributed by atoms with Gasteiger partial charge in [-0.2, -0.15) is 0 Å². The summed E-state index contributed by atoms with van der Waals surface area (Å²) in [4.78, 5) is 0. The van der Waals surface area contributed by atoms with Gasteiger partial charge in [0.2, 0.25) is 0 Å². The predicted octanol–water partition coefficient (Wildman–Crippen LogP) is 1.37. The second-order valence-electron chi connectivity index (χ2n) is 4.49. The number of hydrazine groups is 1. The summed E-state index contributed by atoms with van der Waals surface area (Å²) in [5.41, 5.74) is 3.81. The van der Waals surface area contributed by atoms with Crippen molar-refractivity contribution in [2.24, 2.45) is 5.84 Å². The van der Waals surface area contributed by atoms with E-state index in [0.29, 0.717) is 6.61 Å². The number of nitrogens with two attached hydrogens (primary N) is 1. The van der Waals surface area contributed by atoms with Gasteiger partial charge in [0.1, 0.15) is 0 Å². The van der Waals surface area contributed by atoms with Crippen molar-refractivity contribution in [2.45, 2.75) is 44.8 Å². The third-order valence-corrected chi connectivity index (χ3v) is 3.16. The molecule has 0 aromatic rings. The molecule has 1 heterocycles. The Bertz CT molecular complexity index is 220. The van der Waals surface area contributed by atoms with Gasteiger partial charge in [-0.15, -0.1) is 6.58 Å². The second-order valence-corrected chi connectivity index (χ2v) is 4.49. The fraction of sp³-hybridized carbons (Fsp3) is 0.833. The average Bonchev–Trinajstić information content (AvgIpc) is 2.27. The first-order chi connectivity index (χ1) is 7.64. The Labute approximate surface area is 98.1 Å². The molecular weight excluding hydrogens is 204 g/mol. The van der Waals surface area contributed by atoms with Crippen molar-refractivity contribution >= 4 is 0 Å². The minimum absolute atomic E-state index is 0.119. The largest absolute Gasteiger partial charge is 0.381 e. The van der Waals surface area contributed by atoms with Crippen LogP contribution in [0.2, 0.25) is 0 Å². The molecule has 0 radical (unpaired) electrons. The molecule has 1 rings (SSSR count). The van der Waals surface area contributed by atoms with Crippen LogP contribution in [-0.4, -0.2) is 31.5 Å². The molecule has 94 valence electrons. The summed E-state index contributed by atoms with van der Waals surface area (Å²) < 4.78 is 11.4. The predicted molar refractivity (Wildman–Crippen MR) is 65.0 cm³/mol. The SMILES string of the molecule is C=C(C)CC(NN)C1(OCC)CCOCC1. The van der Waals surface area contributed by atoms with Crippen LogP contribution in [0, 0.1) is 0 Å². The number of ether oxygens (including phenoxy) is 2. The molecule has 0 saturated carbocycles. The van der Waals surface area contributed by atoms with Crippen molar-refractivity contribution in [1.29, 1.82) is 0 Å². The molecule has 16 heavy (non-hydrogen) atoms. The van der Waals surface area contributed by atoms with Crippen LogP contribution in [0.1, 0.15) is 33.1 Å². The lowest BCUT2D eigenvalue weighted by atomic mass is 9.83. The lowest BCUT2D eigenvalue weighted by Crippen LogP contribution is -2.57. The molecular formula is C12H24N2O2. The summed E-state index contributed by atoms with van der Waals surface area (Å²) in [6.07, 6.45) is 2.63. The van der Waals surface area contributed by atoms with E-state index >= 15 is 0 Å². The molecule has 1 fully saturated rings. The molecule has 4 nitrogen and oxygen atoms in total. The molecule has 1 saturated heterocycles. The number of rotatable bonds is 6.